The van der Waals surface area contributed by atoms with Crippen LogP contribution >= 0.6 is 0 Å². The van der Waals surface area contributed by atoms with Crippen molar-refractivity contribution in [3.05, 3.63) is 88.5 Å². The molecule has 1 saturated heterocycles. The van der Waals surface area contributed by atoms with Gasteiger partial charge >= 0.3 is 0 Å². The van der Waals surface area contributed by atoms with Crippen molar-refractivity contribution >= 4 is 23.1 Å². The van der Waals surface area contributed by atoms with Crippen molar-refractivity contribution in [1.29, 1.82) is 0 Å². The fourth-order valence-corrected chi connectivity index (χ4v) is 4.90. The molecule has 0 bridgehead atoms. The van der Waals surface area contributed by atoms with Gasteiger partial charge in [0.1, 0.15) is 23.0 Å². The van der Waals surface area contributed by atoms with E-state index >= 15 is 0 Å². The lowest BCUT2D eigenvalue weighted by molar-refractivity contribution is -0.132. The van der Waals surface area contributed by atoms with E-state index in [1.807, 2.05) is 52.0 Å². The number of carbonyl (C=O) groups excluding carboxylic acids is 2. The van der Waals surface area contributed by atoms with Gasteiger partial charge in [-0.05, 0) is 72.4 Å². The van der Waals surface area contributed by atoms with Crippen molar-refractivity contribution in [2.75, 3.05) is 25.7 Å². The highest BCUT2D eigenvalue weighted by Crippen LogP contribution is 2.44. The van der Waals surface area contributed by atoms with Gasteiger partial charge in [-0.2, -0.15) is 0 Å². The van der Waals surface area contributed by atoms with Crippen molar-refractivity contribution in [3.8, 4) is 17.2 Å². The molecular formula is C32H35NO6. The molecule has 1 amide bonds. The number of rotatable bonds is 9. The molecule has 1 heterocycles. The Hall–Kier alpha value is -4.26. The summed E-state index contributed by atoms with van der Waals surface area (Å²) in [6.07, 6.45) is 0.831. The molecule has 1 aliphatic heterocycles. The number of ketones is 1. The third-order valence-corrected chi connectivity index (χ3v) is 6.88. The van der Waals surface area contributed by atoms with E-state index < -0.39 is 17.7 Å². The van der Waals surface area contributed by atoms with E-state index in [-0.39, 0.29) is 17.3 Å². The molecule has 1 N–H and O–H groups in total. The first kappa shape index (κ1) is 27.8. The Bertz CT molecular complexity index is 1420. The summed E-state index contributed by atoms with van der Waals surface area (Å²) in [7, 11) is 3.16. The summed E-state index contributed by atoms with van der Waals surface area (Å²) >= 11 is 0. The van der Waals surface area contributed by atoms with Crippen LogP contribution in [-0.2, 0) is 9.59 Å². The summed E-state index contributed by atoms with van der Waals surface area (Å²) in [5.41, 5.74) is 3.22. The molecule has 7 heteroatoms. The number of aliphatic hydroxyl groups is 1. The molecule has 0 aliphatic carbocycles. The van der Waals surface area contributed by atoms with E-state index in [0.29, 0.717) is 40.7 Å². The van der Waals surface area contributed by atoms with Gasteiger partial charge in [0.2, 0.25) is 0 Å². The Morgan fingerprint density at radius 2 is 1.69 bits per heavy atom. The van der Waals surface area contributed by atoms with Crippen molar-refractivity contribution in [1.82, 2.24) is 0 Å². The standard InChI is InChI=1S/C32H35NO6/c1-7-14-39-24-13-9-11-22(17-24)33-29(21-10-8-12-23(16-21)37-5)28(31(35)32(33)36)30(34)26-18-25(19(2)3)27(38-6)15-20(26)4/h8-13,15-19,29,34H,7,14H2,1-6H3/b30-28+. The molecule has 4 rings (SSSR count). The zero-order chi connectivity index (χ0) is 28.3. The molecule has 0 aromatic heterocycles. The normalized spacial score (nSPS) is 16.6. The Kier molecular flexibility index (Phi) is 8.29. The first-order valence-corrected chi connectivity index (χ1v) is 13.1. The van der Waals surface area contributed by atoms with Gasteiger partial charge in [-0.3, -0.25) is 14.5 Å². The maximum Gasteiger partial charge on any atom is 0.300 e. The smallest absolute Gasteiger partial charge is 0.300 e. The summed E-state index contributed by atoms with van der Waals surface area (Å²) in [6, 6.07) is 17.1. The third-order valence-electron chi connectivity index (χ3n) is 6.88. The van der Waals surface area contributed by atoms with Crippen LogP contribution < -0.4 is 19.1 Å². The lowest BCUT2D eigenvalue weighted by Gasteiger charge is -2.26. The summed E-state index contributed by atoms with van der Waals surface area (Å²) < 4.78 is 16.8. The predicted octanol–water partition coefficient (Wildman–Crippen LogP) is 6.55. The zero-order valence-corrected chi connectivity index (χ0v) is 23.3. The zero-order valence-electron chi connectivity index (χ0n) is 23.3. The lowest BCUT2D eigenvalue weighted by Crippen LogP contribution is -2.29. The minimum Gasteiger partial charge on any atom is -0.507 e. The number of ether oxygens (including phenoxy) is 3. The lowest BCUT2D eigenvalue weighted by atomic mass is 9.91. The molecule has 1 fully saturated rings. The second kappa shape index (κ2) is 11.6. The van der Waals surface area contributed by atoms with Gasteiger partial charge in [-0.25, -0.2) is 0 Å². The SMILES string of the molecule is CCCOc1cccc(N2C(=O)C(=O)/C(=C(/O)c3cc(C(C)C)c(OC)cc3C)C2c2cccc(OC)c2)c1. The second-order valence-corrected chi connectivity index (χ2v) is 9.86. The average molecular weight is 530 g/mol. The number of amides is 1. The fourth-order valence-electron chi connectivity index (χ4n) is 4.90. The number of aliphatic hydroxyl groups excluding tert-OH is 1. The molecule has 3 aromatic carbocycles. The predicted molar refractivity (Wildman–Crippen MR) is 152 cm³/mol. The monoisotopic (exact) mass is 529 g/mol. The number of hydrogen-bond acceptors (Lipinski definition) is 6. The Balaban J connectivity index is 1.96. The van der Waals surface area contributed by atoms with Gasteiger partial charge in [-0.1, -0.05) is 39.0 Å². The first-order chi connectivity index (χ1) is 18.7. The van der Waals surface area contributed by atoms with Crippen LogP contribution in [0.25, 0.3) is 5.76 Å². The maximum atomic E-state index is 13.7. The first-order valence-electron chi connectivity index (χ1n) is 13.1. The van der Waals surface area contributed by atoms with Gasteiger partial charge < -0.3 is 19.3 Å². The Morgan fingerprint density at radius 3 is 2.36 bits per heavy atom. The molecule has 1 unspecified atom stereocenters. The number of nitrogens with zero attached hydrogens (tertiary/aromatic N) is 1. The molecule has 7 nitrogen and oxygen atoms in total. The van der Waals surface area contributed by atoms with Crippen LogP contribution in [-0.4, -0.2) is 37.6 Å². The topological polar surface area (TPSA) is 85.3 Å². The molecule has 1 aliphatic rings. The van der Waals surface area contributed by atoms with Crippen LogP contribution in [0.1, 0.15) is 61.4 Å². The quantitative estimate of drug-likeness (QED) is 0.192. The van der Waals surface area contributed by atoms with E-state index in [0.717, 1.165) is 17.5 Å². The number of anilines is 1. The van der Waals surface area contributed by atoms with Crippen LogP contribution in [0.5, 0.6) is 17.2 Å². The highest BCUT2D eigenvalue weighted by atomic mass is 16.5. The summed E-state index contributed by atoms with van der Waals surface area (Å²) in [5, 5.41) is 11.7. The molecule has 0 saturated carbocycles. The summed E-state index contributed by atoms with van der Waals surface area (Å²) in [6.45, 7) is 8.43. The van der Waals surface area contributed by atoms with Crippen molar-refractivity contribution in [2.45, 2.75) is 46.1 Å². The second-order valence-electron chi connectivity index (χ2n) is 9.86. The Labute approximate surface area is 229 Å². The summed E-state index contributed by atoms with van der Waals surface area (Å²) in [4.78, 5) is 28.7. The van der Waals surface area contributed by atoms with Crippen molar-refractivity contribution in [2.24, 2.45) is 0 Å². The van der Waals surface area contributed by atoms with Crippen molar-refractivity contribution < 1.29 is 28.9 Å². The average Bonchev–Trinajstić information content (AvgIpc) is 3.21. The Morgan fingerprint density at radius 1 is 0.974 bits per heavy atom. The highest BCUT2D eigenvalue weighted by Gasteiger charge is 2.47. The number of hydrogen-bond donors (Lipinski definition) is 1. The van der Waals surface area contributed by atoms with Gasteiger partial charge in [0.25, 0.3) is 11.7 Å². The number of carbonyl (C=O) groups is 2. The van der Waals surface area contributed by atoms with E-state index in [9.17, 15) is 14.7 Å². The molecule has 39 heavy (non-hydrogen) atoms. The van der Waals surface area contributed by atoms with Crippen LogP contribution in [0.2, 0.25) is 0 Å². The molecule has 0 spiro atoms. The van der Waals surface area contributed by atoms with Gasteiger partial charge in [0.05, 0.1) is 32.4 Å². The highest BCUT2D eigenvalue weighted by molar-refractivity contribution is 6.51. The number of methoxy groups -OCH3 is 2. The van der Waals surface area contributed by atoms with E-state index in [4.69, 9.17) is 14.2 Å². The van der Waals surface area contributed by atoms with Gasteiger partial charge in [0, 0.05) is 17.3 Å². The van der Waals surface area contributed by atoms with E-state index in [1.54, 1.807) is 50.6 Å². The minimum absolute atomic E-state index is 0.0103. The summed E-state index contributed by atoms with van der Waals surface area (Å²) in [5.74, 6) is 0.245. The largest absolute Gasteiger partial charge is 0.507 e. The molecule has 204 valence electrons. The number of benzene rings is 3. The number of aryl methyl sites for hydroxylation is 1. The van der Waals surface area contributed by atoms with E-state index in [1.165, 1.54) is 4.90 Å². The van der Waals surface area contributed by atoms with Crippen LogP contribution in [0.15, 0.2) is 66.2 Å². The maximum absolute atomic E-state index is 13.7. The molecule has 1 atom stereocenters. The molecular weight excluding hydrogens is 494 g/mol. The van der Waals surface area contributed by atoms with Crippen LogP contribution in [0, 0.1) is 6.92 Å². The molecule has 3 aromatic rings. The van der Waals surface area contributed by atoms with Gasteiger partial charge in [0.15, 0.2) is 0 Å². The third kappa shape index (κ3) is 5.35. The van der Waals surface area contributed by atoms with E-state index in [2.05, 4.69) is 0 Å². The van der Waals surface area contributed by atoms with Crippen molar-refractivity contribution in [3.63, 3.8) is 0 Å². The van der Waals surface area contributed by atoms with Gasteiger partial charge in [-0.15, -0.1) is 0 Å². The molecule has 0 radical (unpaired) electrons. The number of Topliss-reactive ketones (excluding diaryl/α,β-unsaturated/α-hetero) is 1. The van der Waals surface area contributed by atoms with Crippen LogP contribution in [0.4, 0.5) is 5.69 Å². The van der Waals surface area contributed by atoms with Crippen LogP contribution in [0.3, 0.4) is 0 Å². The minimum atomic E-state index is -0.884. The fraction of sp³-hybridized carbons (Fsp3) is 0.312.